The third-order valence-corrected chi connectivity index (χ3v) is 2.66. The molecule has 2 aromatic carbocycles. The maximum absolute atomic E-state index is 12.8. The van der Waals surface area contributed by atoms with Crippen LogP contribution in [0, 0.1) is 5.82 Å². The van der Waals surface area contributed by atoms with Crippen LogP contribution < -0.4 is 4.74 Å². The molecule has 96 valence electrons. The molecule has 0 aliphatic rings. The summed E-state index contributed by atoms with van der Waals surface area (Å²) in [6.07, 6.45) is 4.48. The Morgan fingerprint density at radius 3 is 2.21 bits per heavy atom. The Morgan fingerprint density at radius 2 is 1.58 bits per heavy atom. The van der Waals surface area contributed by atoms with Crippen molar-refractivity contribution in [2.75, 3.05) is 7.11 Å². The summed E-state index contributed by atoms with van der Waals surface area (Å²) in [4.78, 5) is 10.8. The average Bonchev–Trinajstić information content (AvgIpc) is 2.46. The monoisotopic (exact) mass is 256 g/mol. The highest BCUT2D eigenvalue weighted by atomic mass is 19.1. The van der Waals surface area contributed by atoms with Gasteiger partial charge in [-0.15, -0.1) is 0 Å². The smallest absolute Gasteiger partial charge is 0.150 e. The van der Waals surface area contributed by atoms with Crippen LogP contribution in [0.5, 0.6) is 5.75 Å². The summed E-state index contributed by atoms with van der Waals surface area (Å²) in [6.45, 7) is 0. The normalized spacial score (nSPS) is 10.6. The minimum atomic E-state index is -0.262. The molecule has 0 N–H and O–H groups in total. The van der Waals surface area contributed by atoms with Crippen LogP contribution in [0.2, 0.25) is 0 Å². The average molecular weight is 256 g/mol. The van der Waals surface area contributed by atoms with Crippen molar-refractivity contribution in [3.05, 3.63) is 65.0 Å². The zero-order valence-electron chi connectivity index (χ0n) is 10.5. The van der Waals surface area contributed by atoms with Gasteiger partial charge in [0.25, 0.3) is 0 Å². The Hall–Kier alpha value is -2.42. The van der Waals surface area contributed by atoms with Crippen molar-refractivity contribution < 1.29 is 13.9 Å². The summed E-state index contributed by atoms with van der Waals surface area (Å²) in [6, 6.07) is 11.4. The highest BCUT2D eigenvalue weighted by molar-refractivity contribution is 5.79. The van der Waals surface area contributed by atoms with Crippen LogP contribution in [0.15, 0.2) is 42.5 Å². The first-order valence-electron chi connectivity index (χ1n) is 5.79. The number of halogens is 1. The predicted octanol–water partition coefficient (Wildman–Crippen LogP) is 3.82. The largest absolute Gasteiger partial charge is 0.497 e. The molecule has 0 unspecified atom stereocenters. The fraction of sp³-hybridized carbons (Fsp3) is 0.0625. The molecule has 2 rings (SSSR count). The zero-order chi connectivity index (χ0) is 13.7. The lowest BCUT2D eigenvalue weighted by Gasteiger charge is -2.02. The number of hydrogen-bond acceptors (Lipinski definition) is 2. The van der Waals surface area contributed by atoms with Gasteiger partial charge < -0.3 is 4.74 Å². The first-order chi connectivity index (χ1) is 9.21. The van der Waals surface area contributed by atoms with Gasteiger partial charge in [0.2, 0.25) is 0 Å². The second kappa shape index (κ2) is 5.96. The topological polar surface area (TPSA) is 26.3 Å². The molecule has 2 nitrogen and oxygen atoms in total. The molecule has 0 saturated heterocycles. The molecule has 0 fully saturated rings. The van der Waals surface area contributed by atoms with Crippen molar-refractivity contribution in [3.63, 3.8) is 0 Å². The fourth-order valence-corrected chi connectivity index (χ4v) is 1.69. The van der Waals surface area contributed by atoms with Crippen molar-refractivity contribution in [1.82, 2.24) is 0 Å². The van der Waals surface area contributed by atoms with Gasteiger partial charge >= 0.3 is 0 Å². The van der Waals surface area contributed by atoms with E-state index in [1.807, 2.05) is 18.2 Å². The number of hydrogen-bond donors (Lipinski definition) is 0. The van der Waals surface area contributed by atoms with Gasteiger partial charge in [-0.05, 0) is 41.5 Å². The van der Waals surface area contributed by atoms with E-state index in [9.17, 15) is 9.18 Å². The molecular weight excluding hydrogens is 243 g/mol. The molecule has 0 bridgehead atoms. The Kier molecular flexibility index (Phi) is 4.08. The Morgan fingerprint density at radius 1 is 0.947 bits per heavy atom. The van der Waals surface area contributed by atoms with E-state index in [2.05, 4.69) is 0 Å². The lowest BCUT2D eigenvalue weighted by atomic mass is 10.1. The van der Waals surface area contributed by atoms with Gasteiger partial charge in [-0.2, -0.15) is 0 Å². The molecular formula is C16H13FO2. The number of carbonyl (C=O) groups is 1. The number of methoxy groups -OCH3 is 1. The van der Waals surface area contributed by atoms with Crippen molar-refractivity contribution in [1.29, 1.82) is 0 Å². The van der Waals surface area contributed by atoms with E-state index >= 15 is 0 Å². The molecule has 0 spiro atoms. The molecule has 0 aliphatic heterocycles. The lowest BCUT2D eigenvalue weighted by Crippen LogP contribution is -1.87. The Labute approximate surface area is 111 Å². The molecule has 0 aromatic heterocycles. The second-order valence-electron chi connectivity index (χ2n) is 4.04. The van der Waals surface area contributed by atoms with Crippen LogP contribution in [-0.2, 0) is 0 Å². The molecule has 0 aliphatic carbocycles. The van der Waals surface area contributed by atoms with Crippen LogP contribution >= 0.6 is 0 Å². The maximum atomic E-state index is 12.8. The molecule has 3 heteroatoms. The number of aldehydes is 1. The van der Waals surface area contributed by atoms with E-state index in [1.54, 1.807) is 31.4 Å². The molecule has 0 atom stereocenters. The van der Waals surface area contributed by atoms with E-state index in [-0.39, 0.29) is 5.82 Å². The van der Waals surface area contributed by atoms with E-state index < -0.39 is 0 Å². The number of carbonyl (C=O) groups excluding carboxylic acids is 1. The van der Waals surface area contributed by atoms with Crippen LogP contribution in [0.25, 0.3) is 12.2 Å². The van der Waals surface area contributed by atoms with E-state index in [0.29, 0.717) is 11.3 Å². The SMILES string of the molecule is COc1cc(C=O)cc(/C=C/c2ccc(F)cc2)c1. The lowest BCUT2D eigenvalue weighted by molar-refractivity contribution is 0.112. The van der Waals surface area contributed by atoms with Gasteiger partial charge in [-0.3, -0.25) is 4.79 Å². The van der Waals surface area contributed by atoms with Gasteiger partial charge in [0, 0.05) is 5.56 Å². The van der Waals surface area contributed by atoms with Gasteiger partial charge in [0.05, 0.1) is 7.11 Å². The number of rotatable bonds is 4. The van der Waals surface area contributed by atoms with Gasteiger partial charge in [-0.1, -0.05) is 24.3 Å². The van der Waals surface area contributed by atoms with Crippen molar-refractivity contribution in [2.45, 2.75) is 0 Å². The van der Waals surface area contributed by atoms with E-state index in [1.165, 1.54) is 12.1 Å². The highest BCUT2D eigenvalue weighted by Crippen LogP contribution is 2.18. The van der Waals surface area contributed by atoms with E-state index in [4.69, 9.17) is 4.74 Å². The standard InChI is InChI=1S/C16H13FO2/c1-19-16-9-13(8-14(10-16)11-18)3-2-12-4-6-15(17)7-5-12/h2-11H,1H3/b3-2+. The summed E-state index contributed by atoms with van der Waals surface area (Å²) in [5, 5.41) is 0. The third-order valence-electron chi connectivity index (χ3n) is 2.66. The minimum absolute atomic E-state index is 0.262. The molecule has 2 aromatic rings. The molecule has 0 saturated carbocycles. The predicted molar refractivity (Wildman–Crippen MR) is 73.7 cm³/mol. The molecule has 0 amide bonds. The van der Waals surface area contributed by atoms with Crippen LogP contribution in [-0.4, -0.2) is 13.4 Å². The van der Waals surface area contributed by atoms with E-state index in [0.717, 1.165) is 17.4 Å². The highest BCUT2D eigenvalue weighted by Gasteiger charge is 1.98. The summed E-state index contributed by atoms with van der Waals surface area (Å²) in [5.41, 5.74) is 2.29. The van der Waals surface area contributed by atoms with Crippen LogP contribution in [0.4, 0.5) is 4.39 Å². The second-order valence-corrected chi connectivity index (χ2v) is 4.04. The van der Waals surface area contributed by atoms with Crippen molar-refractivity contribution in [3.8, 4) is 5.75 Å². The Balaban J connectivity index is 2.27. The van der Waals surface area contributed by atoms with Gasteiger partial charge in [0.15, 0.2) is 0 Å². The molecule has 19 heavy (non-hydrogen) atoms. The zero-order valence-corrected chi connectivity index (χ0v) is 10.5. The summed E-state index contributed by atoms with van der Waals surface area (Å²) in [7, 11) is 1.55. The quantitative estimate of drug-likeness (QED) is 0.614. The number of ether oxygens (including phenoxy) is 1. The third kappa shape index (κ3) is 3.52. The molecule has 0 heterocycles. The van der Waals surface area contributed by atoms with Crippen LogP contribution in [0.1, 0.15) is 21.5 Å². The summed E-state index contributed by atoms with van der Waals surface area (Å²) in [5.74, 6) is 0.366. The first-order valence-corrected chi connectivity index (χ1v) is 5.79. The van der Waals surface area contributed by atoms with Crippen molar-refractivity contribution in [2.24, 2.45) is 0 Å². The van der Waals surface area contributed by atoms with Crippen LogP contribution in [0.3, 0.4) is 0 Å². The minimum Gasteiger partial charge on any atom is -0.497 e. The first kappa shape index (κ1) is 13.0. The summed E-state index contributed by atoms with van der Waals surface area (Å²) < 4.78 is 17.9. The van der Waals surface area contributed by atoms with Crippen molar-refractivity contribution >= 4 is 18.4 Å². The fourth-order valence-electron chi connectivity index (χ4n) is 1.69. The van der Waals surface area contributed by atoms with Gasteiger partial charge in [0.1, 0.15) is 17.9 Å². The van der Waals surface area contributed by atoms with Gasteiger partial charge in [-0.25, -0.2) is 4.39 Å². The maximum Gasteiger partial charge on any atom is 0.150 e. The molecule has 0 radical (unpaired) electrons. The summed E-state index contributed by atoms with van der Waals surface area (Å²) >= 11 is 0. The number of benzene rings is 2. The Bertz CT molecular complexity index is 601.